The maximum absolute atomic E-state index is 2.31. The first kappa shape index (κ1) is 34.1. The minimum atomic E-state index is 1.13. The van der Waals surface area contributed by atoms with Gasteiger partial charge in [0.1, 0.15) is 0 Å². The van der Waals surface area contributed by atoms with Crippen LogP contribution < -0.4 is 9.80 Å². The fourth-order valence-corrected chi connectivity index (χ4v) is 6.38. The Kier molecular flexibility index (Phi) is 10.3. The largest absolute Gasteiger partial charge is 0.311 e. The predicted octanol–water partition coefficient (Wildman–Crippen LogP) is 14.2. The average molecular weight is 673 g/mol. The molecule has 0 unspecified atom stereocenters. The molecule has 0 aliphatic carbocycles. The van der Waals surface area contributed by atoms with Crippen LogP contribution in [0.25, 0.3) is 24.3 Å². The summed E-state index contributed by atoms with van der Waals surface area (Å²) in [4.78, 5) is 4.62. The zero-order valence-electron chi connectivity index (χ0n) is 30.4. The normalized spacial score (nSPS) is 11.3. The summed E-state index contributed by atoms with van der Waals surface area (Å²) in [5.74, 6) is 0. The summed E-state index contributed by atoms with van der Waals surface area (Å²) in [6.07, 6.45) is 8.80. The fraction of sp³-hybridized carbons (Fsp3) is 0.0800. The monoisotopic (exact) mass is 672 g/mol. The minimum Gasteiger partial charge on any atom is -0.311 e. The highest BCUT2D eigenvalue weighted by molar-refractivity contribution is 5.82. The molecule has 0 fully saturated rings. The molecular formula is C50H44N2. The number of rotatable bonds is 10. The van der Waals surface area contributed by atoms with Crippen molar-refractivity contribution in [2.45, 2.75) is 27.7 Å². The summed E-state index contributed by atoms with van der Waals surface area (Å²) >= 11 is 0. The molecule has 0 N–H and O–H groups in total. The van der Waals surface area contributed by atoms with Crippen LogP contribution in [0.2, 0.25) is 0 Å². The lowest BCUT2D eigenvalue weighted by molar-refractivity contribution is 1.25. The Hall–Kier alpha value is -6.38. The first-order chi connectivity index (χ1) is 25.4. The van der Waals surface area contributed by atoms with Crippen molar-refractivity contribution in [2.24, 2.45) is 0 Å². The summed E-state index contributed by atoms with van der Waals surface area (Å²) in [6, 6.07) is 60.8. The van der Waals surface area contributed by atoms with Gasteiger partial charge in [0, 0.05) is 34.1 Å². The van der Waals surface area contributed by atoms with Crippen LogP contribution >= 0.6 is 0 Å². The maximum atomic E-state index is 2.31. The van der Waals surface area contributed by atoms with Crippen LogP contribution in [0.1, 0.15) is 44.5 Å². The molecule has 0 saturated heterocycles. The Morgan fingerprint density at radius 3 is 1.12 bits per heavy atom. The Labute approximate surface area is 309 Å². The van der Waals surface area contributed by atoms with Gasteiger partial charge in [-0.05, 0) is 134 Å². The van der Waals surface area contributed by atoms with Gasteiger partial charge in [-0.1, -0.05) is 132 Å². The Morgan fingerprint density at radius 1 is 0.308 bits per heavy atom. The molecule has 254 valence electrons. The molecule has 0 aromatic heterocycles. The van der Waals surface area contributed by atoms with Crippen molar-refractivity contribution in [2.75, 3.05) is 9.80 Å². The second-order valence-electron chi connectivity index (χ2n) is 13.4. The van der Waals surface area contributed by atoms with Crippen molar-refractivity contribution in [3.8, 4) is 0 Å². The number of hydrogen-bond donors (Lipinski definition) is 0. The van der Waals surface area contributed by atoms with E-state index in [1.165, 1.54) is 33.4 Å². The van der Waals surface area contributed by atoms with Gasteiger partial charge in [-0.2, -0.15) is 0 Å². The van der Waals surface area contributed by atoms with Crippen molar-refractivity contribution in [1.82, 2.24) is 0 Å². The van der Waals surface area contributed by atoms with E-state index in [2.05, 4.69) is 232 Å². The highest BCUT2D eigenvalue weighted by atomic mass is 15.1. The zero-order chi connectivity index (χ0) is 35.9. The Bertz CT molecular complexity index is 2250. The molecule has 52 heavy (non-hydrogen) atoms. The van der Waals surface area contributed by atoms with E-state index < -0.39 is 0 Å². The highest BCUT2D eigenvalue weighted by Crippen LogP contribution is 2.37. The number of para-hydroxylation sites is 1. The third-order valence-corrected chi connectivity index (χ3v) is 9.56. The van der Waals surface area contributed by atoms with Crippen LogP contribution in [0, 0.1) is 27.7 Å². The van der Waals surface area contributed by atoms with Crippen LogP contribution in [-0.2, 0) is 0 Å². The number of hydrogen-bond acceptors (Lipinski definition) is 2. The van der Waals surface area contributed by atoms with Gasteiger partial charge in [0.2, 0.25) is 0 Å². The number of anilines is 6. The van der Waals surface area contributed by atoms with E-state index in [1.807, 2.05) is 0 Å². The van der Waals surface area contributed by atoms with Crippen LogP contribution in [-0.4, -0.2) is 0 Å². The number of nitrogens with zero attached hydrogens (tertiary/aromatic N) is 2. The van der Waals surface area contributed by atoms with Gasteiger partial charge in [0.05, 0.1) is 0 Å². The quantitative estimate of drug-likeness (QED) is 0.133. The fourth-order valence-electron chi connectivity index (χ4n) is 6.38. The summed E-state index contributed by atoms with van der Waals surface area (Å²) in [5, 5.41) is 0. The predicted molar refractivity (Wildman–Crippen MR) is 225 cm³/mol. The van der Waals surface area contributed by atoms with E-state index in [9.17, 15) is 0 Å². The third kappa shape index (κ3) is 7.98. The summed E-state index contributed by atoms with van der Waals surface area (Å²) in [6.45, 7) is 8.58. The van der Waals surface area contributed by atoms with E-state index in [-0.39, 0.29) is 0 Å². The van der Waals surface area contributed by atoms with E-state index in [0.717, 1.165) is 45.3 Å². The van der Waals surface area contributed by atoms with Crippen LogP contribution in [0.15, 0.2) is 170 Å². The second kappa shape index (κ2) is 15.7. The van der Waals surface area contributed by atoms with Crippen molar-refractivity contribution in [3.63, 3.8) is 0 Å². The maximum Gasteiger partial charge on any atom is 0.0464 e. The third-order valence-electron chi connectivity index (χ3n) is 9.56. The Morgan fingerprint density at radius 2 is 0.673 bits per heavy atom. The van der Waals surface area contributed by atoms with E-state index in [0.29, 0.717) is 0 Å². The van der Waals surface area contributed by atoms with Crippen LogP contribution in [0.5, 0.6) is 0 Å². The van der Waals surface area contributed by atoms with Gasteiger partial charge < -0.3 is 9.80 Å². The lowest BCUT2D eigenvalue weighted by Gasteiger charge is -2.26. The molecule has 0 heterocycles. The lowest BCUT2D eigenvalue weighted by Crippen LogP contribution is -2.10. The van der Waals surface area contributed by atoms with Crippen LogP contribution in [0.3, 0.4) is 0 Å². The lowest BCUT2D eigenvalue weighted by atomic mass is 10.0. The first-order valence-electron chi connectivity index (χ1n) is 17.9. The van der Waals surface area contributed by atoms with Gasteiger partial charge in [0.15, 0.2) is 0 Å². The summed E-state index contributed by atoms with van der Waals surface area (Å²) < 4.78 is 0. The Balaban J connectivity index is 1.09. The highest BCUT2D eigenvalue weighted by Gasteiger charge is 2.14. The second-order valence-corrected chi connectivity index (χ2v) is 13.4. The van der Waals surface area contributed by atoms with Crippen molar-refractivity contribution in [1.29, 1.82) is 0 Å². The van der Waals surface area contributed by atoms with E-state index >= 15 is 0 Å². The molecule has 0 amide bonds. The standard InChI is InChI=1S/C50H44N2/c1-37-14-27-46(28-15-37)51(47-29-16-38(2)17-30-47)48-32-21-41(22-33-48)19-25-43-10-8-9-11-44(43)26-20-42-23-34-49(35-24-42)52(45-12-6-5-7-13-45)50-31-18-39(3)40(4)36-50/h5-36H,1-4H3. The molecule has 0 saturated carbocycles. The smallest absolute Gasteiger partial charge is 0.0464 e. The van der Waals surface area contributed by atoms with Gasteiger partial charge in [-0.3, -0.25) is 0 Å². The molecular weight excluding hydrogens is 629 g/mol. The van der Waals surface area contributed by atoms with Crippen LogP contribution in [0.4, 0.5) is 34.1 Å². The van der Waals surface area contributed by atoms with Gasteiger partial charge >= 0.3 is 0 Å². The molecule has 0 spiro atoms. The average Bonchev–Trinajstić information content (AvgIpc) is 3.18. The summed E-state index contributed by atoms with van der Waals surface area (Å²) in [7, 11) is 0. The van der Waals surface area contributed by atoms with Crippen molar-refractivity contribution >= 4 is 58.4 Å². The molecule has 2 heteroatoms. The minimum absolute atomic E-state index is 1.13. The topological polar surface area (TPSA) is 6.48 Å². The molecule has 0 atom stereocenters. The van der Waals surface area contributed by atoms with Gasteiger partial charge in [0.25, 0.3) is 0 Å². The van der Waals surface area contributed by atoms with Gasteiger partial charge in [-0.15, -0.1) is 0 Å². The zero-order valence-corrected chi connectivity index (χ0v) is 30.4. The molecule has 2 nitrogen and oxygen atoms in total. The molecule has 0 bridgehead atoms. The van der Waals surface area contributed by atoms with E-state index in [4.69, 9.17) is 0 Å². The molecule has 0 aliphatic heterocycles. The number of benzene rings is 7. The van der Waals surface area contributed by atoms with Crippen molar-refractivity contribution < 1.29 is 0 Å². The van der Waals surface area contributed by atoms with Gasteiger partial charge in [-0.25, -0.2) is 0 Å². The molecule has 7 rings (SSSR count). The summed E-state index contributed by atoms with van der Waals surface area (Å²) in [5.41, 5.74) is 16.6. The molecule has 0 radical (unpaired) electrons. The number of aryl methyl sites for hydroxylation is 4. The first-order valence-corrected chi connectivity index (χ1v) is 17.9. The van der Waals surface area contributed by atoms with E-state index in [1.54, 1.807) is 0 Å². The molecule has 7 aromatic carbocycles. The van der Waals surface area contributed by atoms with Crippen molar-refractivity contribution in [3.05, 3.63) is 214 Å². The molecule has 7 aromatic rings. The molecule has 0 aliphatic rings. The SMILES string of the molecule is Cc1ccc(N(c2ccc(C)cc2)c2ccc(C=Cc3ccccc3C=Cc3ccc(N(c4ccccc4)c4ccc(C)c(C)c4)cc3)cc2)cc1.